The molecule has 0 spiro atoms. The van der Waals surface area contributed by atoms with E-state index in [4.69, 9.17) is 4.74 Å². The Kier molecular flexibility index (Phi) is 7.28. The van der Waals surface area contributed by atoms with Crippen LogP contribution in [0.5, 0.6) is 0 Å². The van der Waals surface area contributed by atoms with E-state index in [1.54, 1.807) is 36.4 Å². The van der Waals surface area contributed by atoms with Crippen LogP contribution in [0.4, 0.5) is 4.39 Å². The van der Waals surface area contributed by atoms with Crippen LogP contribution in [0.2, 0.25) is 0 Å². The van der Waals surface area contributed by atoms with Crippen LogP contribution in [0, 0.1) is 12.7 Å². The van der Waals surface area contributed by atoms with E-state index in [0.29, 0.717) is 17.7 Å². The topological polar surface area (TPSA) is 70.7 Å². The third kappa shape index (κ3) is 5.26. The van der Waals surface area contributed by atoms with Gasteiger partial charge in [0.1, 0.15) is 11.4 Å². The lowest BCUT2D eigenvalue weighted by Gasteiger charge is -2.31. The van der Waals surface area contributed by atoms with E-state index in [1.807, 2.05) is 39.2 Å². The molecule has 3 aromatic carbocycles. The second-order valence-corrected chi connectivity index (χ2v) is 9.12. The van der Waals surface area contributed by atoms with Crippen LogP contribution in [0.15, 0.2) is 66.7 Å². The van der Waals surface area contributed by atoms with Crippen molar-refractivity contribution in [2.45, 2.75) is 32.0 Å². The van der Waals surface area contributed by atoms with Crippen molar-refractivity contribution in [3.05, 3.63) is 106 Å². The van der Waals surface area contributed by atoms with Crippen molar-refractivity contribution < 1.29 is 18.7 Å². The van der Waals surface area contributed by atoms with E-state index >= 15 is 0 Å². The Morgan fingerprint density at radius 3 is 2.43 bits per heavy atom. The number of benzene rings is 3. The minimum Gasteiger partial charge on any atom is -0.361 e. The average Bonchev–Trinajstić information content (AvgIpc) is 3.21. The van der Waals surface area contributed by atoms with E-state index in [1.165, 1.54) is 12.1 Å². The molecule has 0 saturated carbocycles. The first kappa shape index (κ1) is 24.6. The Labute approximate surface area is 205 Å². The number of aryl methyl sites for hydroxylation is 1. The molecule has 0 radical (unpaired) electrons. The van der Waals surface area contributed by atoms with Gasteiger partial charge in [0, 0.05) is 11.1 Å². The Balaban J connectivity index is 1.54. The highest BCUT2D eigenvalue weighted by Gasteiger charge is 2.41. The Morgan fingerprint density at radius 2 is 1.71 bits per heavy atom. The number of ether oxygens (including phenoxy) is 1. The van der Waals surface area contributed by atoms with Gasteiger partial charge in [0.15, 0.2) is 0 Å². The molecule has 0 fully saturated rings. The number of carbonyl (C=O) groups is 2. The van der Waals surface area contributed by atoms with Gasteiger partial charge >= 0.3 is 0 Å². The van der Waals surface area contributed by atoms with Crippen molar-refractivity contribution in [3.63, 3.8) is 0 Å². The van der Waals surface area contributed by atoms with Crippen molar-refractivity contribution in [2.24, 2.45) is 0 Å². The molecule has 4 rings (SSSR count). The maximum absolute atomic E-state index is 13.6. The number of amides is 2. The van der Waals surface area contributed by atoms with Crippen molar-refractivity contribution in [3.8, 4) is 0 Å². The van der Waals surface area contributed by atoms with Crippen molar-refractivity contribution >= 4 is 11.8 Å². The summed E-state index contributed by atoms with van der Waals surface area (Å²) in [5, 5.41) is 0. The van der Waals surface area contributed by atoms with Gasteiger partial charge in [-0.2, -0.15) is 0 Å². The quantitative estimate of drug-likeness (QED) is 0.499. The predicted octanol–water partition coefficient (Wildman–Crippen LogP) is 4.32. The number of carbonyl (C=O) groups excluding carboxylic acids is 2. The van der Waals surface area contributed by atoms with Gasteiger partial charge in [0.25, 0.3) is 11.8 Å². The number of halogens is 1. The summed E-state index contributed by atoms with van der Waals surface area (Å²) in [5.74, 6) is -1.09. The van der Waals surface area contributed by atoms with Crippen LogP contribution in [0.3, 0.4) is 0 Å². The lowest BCUT2D eigenvalue weighted by atomic mass is 9.81. The summed E-state index contributed by atoms with van der Waals surface area (Å²) in [6.07, 6.45) is 1.61. The number of fused-ring (bicyclic) bond motifs is 1. The molecule has 0 bridgehead atoms. The number of hydrogen-bond acceptors (Lipinski definition) is 4. The first-order valence-electron chi connectivity index (χ1n) is 11.6. The molecule has 2 amide bonds. The summed E-state index contributed by atoms with van der Waals surface area (Å²) in [5.41, 5.74) is 8.77. The van der Waals surface area contributed by atoms with E-state index < -0.39 is 11.5 Å². The van der Waals surface area contributed by atoms with Crippen LogP contribution in [0.25, 0.3) is 0 Å². The number of hydrazine groups is 1. The van der Waals surface area contributed by atoms with Crippen LogP contribution < -0.4 is 10.9 Å². The first-order valence-corrected chi connectivity index (χ1v) is 11.6. The van der Waals surface area contributed by atoms with E-state index in [2.05, 4.69) is 15.8 Å². The fourth-order valence-corrected chi connectivity index (χ4v) is 4.56. The molecule has 1 atom stereocenters. The zero-order chi connectivity index (χ0) is 25.0. The maximum atomic E-state index is 13.6. The standard InChI is InChI=1S/C28H30FN3O3/c1-19-7-4-5-8-24(19)27(34)31-30-26(33)20-9-14-25-21(17-20)18-35-28(25,15-6-16-32(2)3)22-10-12-23(29)13-11-22/h4-5,7-14,17H,6,15-16,18H2,1-3H3,(H,30,33)(H,31,34). The summed E-state index contributed by atoms with van der Waals surface area (Å²) in [6, 6.07) is 19.0. The van der Waals surface area contributed by atoms with Gasteiger partial charge in [-0.25, -0.2) is 4.39 Å². The third-order valence-electron chi connectivity index (χ3n) is 6.40. The van der Waals surface area contributed by atoms with E-state index in [0.717, 1.165) is 41.6 Å². The van der Waals surface area contributed by atoms with Gasteiger partial charge in [0.05, 0.1) is 6.61 Å². The highest BCUT2D eigenvalue weighted by Crippen LogP contribution is 2.45. The fourth-order valence-electron chi connectivity index (χ4n) is 4.56. The van der Waals surface area contributed by atoms with Gasteiger partial charge in [-0.05, 0) is 93.0 Å². The Bertz CT molecular complexity index is 1230. The van der Waals surface area contributed by atoms with E-state index in [-0.39, 0.29) is 11.7 Å². The summed E-state index contributed by atoms with van der Waals surface area (Å²) < 4.78 is 20.0. The summed E-state index contributed by atoms with van der Waals surface area (Å²) >= 11 is 0. The SMILES string of the molecule is Cc1ccccc1C(=O)NNC(=O)c1ccc2c(c1)COC2(CCCN(C)C)c1ccc(F)cc1. The second-order valence-electron chi connectivity index (χ2n) is 9.12. The first-order chi connectivity index (χ1) is 16.8. The molecule has 3 aromatic rings. The molecule has 1 heterocycles. The highest BCUT2D eigenvalue weighted by atomic mass is 19.1. The molecule has 1 unspecified atom stereocenters. The molecule has 0 aromatic heterocycles. The summed E-state index contributed by atoms with van der Waals surface area (Å²) in [6.45, 7) is 3.07. The number of rotatable bonds is 7. The monoisotopic (exact) mass is 475 g/mol. The van der Waals surface area contributed by atoms with Crippen LogP contribution in [-0.4, -0.2) is 37.4 Å². The Morgan fingerprint density at radius 1 is 1.00 bits per heavy atom. The molecular weight excluding hydrogens is 445 g/mol. The summed E-state index contributed by atoms with van der Waals surface area (Å²) in [4.78, 5) is 27.3. The van der Waals surface area contributed by atoms with Gasteiger partial charge in [-0.1, -0.05) is 36.4 Å². The number of hydrogen-bond donors (Lipinski definition) is 2. The van der Waals surface area contributed by atoms with Gasteiger partial charge in [-0.15, -0.1) is 0 Å². The number of nitrogens with one attached hydrogen (secondary N) is 2. The summed E-state index contributed by atoms with van der Waals surface area (Å²) in [7, 11) is 4.05. The molecule has 35 heavy (non-hydrogen) atoms. The molecule has 0 aliphatic carbocycles. The molecule has 2 N–H and O–H groups in total. The van der Waals surface area contributed by atoms with Gasteiger partial charge in [0.2, 0.25) is 0 Å². The van der Waals surface area contributed by atoms with E-state index in [9.17, 15) is 14.0 Å². The molecule has 6 nitrogen and oxygen atoms in total. The lowest BCUT2D eigenvalue weighted by molar-refractivity contribution is -0.0140. The van der Waals surface area contributed by atoms with Crippen LogP contribution >= 0.6 is 0 Å². The zero-order valence-electron chi connectivity index (χ0n) is 20.2. The van der Waals surface area contributed by atoms with Gasteiger partial charge in [-0.3, -0.25) is 20.4 Å². The molecule has 7 heteroatoms. The fraction of sp³-hybridized carbons (Fsp3) is 0.286. The molecular formula is C28H30FN3O3. The Hall–Kier alpha value is -3.55. The van der Waals surface area contributed by atoms with Crippen LogP contribution in [-0.2, 0) is 16.9 Å². The highest BCUT2D eigenvalue weighted by molar-refractivity contribution is 5.99. The minimum atomic E-state index is -0.701. The van der Waals surface area contributed by atoms with Crippen molar-refractivity contribution in [2.75, 3.05) is 20.6 Å². The van der Waals surface area contributed by atoms with Crippen molar-refractivity contribution in [1.82, 2.24) is 15.8 Å². The largest absolute Gasteiger partial charge is 0.361 e. The minimum absolute atomic E-state index is 0.296. The molecule has 1 aliphatic rings. The van der Waals surface area contributed by atoms with Crippen molar-refractivity contribution in [1.29, 1.82) is 0 Å². The number of nitrogens with zero attached hydrogens (tertiary/aromatic N) is 1. The second kappa shape index (κ2) is 10.4. The van der Waals surface area contributed by atoms with Gasteiger partial charge < -0.3 is 9.64 Å². The molecule has 0 saturated heterocycles. The average molecular weight is 476 g/mol. The molecule has 1 aliphatic heterocycles. The normalized spacial score (nSPS) is 16.7. The smallest absolute Gasteiger partial charge is 0.269 e. The maximum Gasteiger partial charge on any atom is 0.269 e. The zero-order valence-corrected chi connectivity index (χ0v) is 20.2. The predicted molar refractivity (Wildman–Crippen MR) is 132 cm³/mol. The lowest BCUT2D eigenvalue weighted by Crippen LogP contribution is -2.41. The van der Waals surface area contributed by atoms with Crippen LogP contribution in [0.1, 0.15) is 55.8 Å². The molecule has 182 valence electrons. The third-order valence-corrected chi connectivity index (χ3v) is 6.40.